The molecule has 2 atom stereocenters. The highest BCUT2D eigenvalue weighted by atomic mass is 32.1. The van der Waals surface area contributed by atoms with E-state index in [2.05, 4.69) is 24.1 Å². The summed E-state index contributed by atoms with van der Waals surface area (Å²) in [6.45, 7) is 6.62. The van der Waals surface area contributed by atoms with Crippen molar-refractivity contribution < 1.29 is 14.3 Å². The van der Waals surface area contributed by atoms with Gasteiger partial charge in [-0.2, -0.15) is 0 Å². The Labute approximate surface area is 135 Å². The lowest BCUT2D eigenvalue weighted by atomic mass is 9.89. The van der Waals surface area contributed by atoms with Gasteiger partial charge in [0.1, 0.15) is 11.7 Å². The molecule has 0 bridgehead atoms. The molecular weight excluding hydrogens is 300 g/mol. The third-order valence-electron chi connectivity index (χ3n) is 3.44. The fourth-order valence-corrected chi connectivity index (χ4v) is 2.62. The summed E-state index contributed by atoms with van der Waals surface area (Å²) >= 11 is 5.16. The van der Waals surface area contributed by atoms with E-state index in [4.69, 9.17) is 21.7 Å². The highest BCUT2D eigenvalue weighted by Gasteiger charge is 2.37. The number of rotatable bonds is 5. The second kappa shape index (κ2) is 7.26. The van der Waals surface area contributed by atoms with Crippen LogP contribution in [0.2, 0.25) is 0 Å². The van der Waals surface area contributed by atoms with Gasteiger partial charge in [0.25, 0.3) is 0 Å². The van der Waals surface area contributed by atoms with Gasteiger partial charge in [0.15, 0.2) is 5.11 Å². The number of hydrogen-bond acceptors (Lipinski definition) is 4. The van der Waals surface area contributed by atoms with Crippen LogP contribution in [-0.2, 0) is 9.53 Å². The molecule has 6 heteroatoms. The van der Waals surface area contributed by atoms with Crippen molar-refractivity contribution in [3.05, 3.63) is 42.1 Å². The number of carbonyl (C=O) groups is 1. The summed E-state index contributed by atoms with van der Waals surface area (Å²) in [6.07, 6.45) is 0.954. The summed E-state index contributed by atoms with van der Waals surface area (Å²) in [7, 11) is 1.36. The van der Waals surface area contributed by atoms with Crippen molar-refractivity contribution in [2.75, 3.05) is 13.7 Å². The highest BCUT2D eigenvalue weighted by Crippen LogP contribution is 2.31. The molecule has 1 heterocycles. The van der Waals surface area contributed by atoms with Crippen molar-refractivity contribution >= 4 is 23.3 Å². The third kappa shape index (κ3) is 3.57. The zero-order valence-electron chi connectivity index (χ0n) is 12.7. The van der Waals surface area contributed by atoms with Gasteiger partial charge in [0.05, 0.1) is 19.8 Å². The quantitative estimate of drug-likeness (QED) is 0.641. The van der Waals surface area contributed by atoms with Gasteiger partial charge in [-0.3, -0.25) is 4.79 Å². The molecule has 1 fully saturated rings. The van der Waals surface area contributed by atoms with Crippen LogP contribution in [0.1, 0.15) is 24.9 Å². The van der Waals surface area contributed by atoms with E-state index in [1.807, 2.05) is 24.3 Å². The molecule has 0 amide bonds. The Kier molecular flexibility index (Phi) is 5.38. The number of methoxy groups -OCH3 is 1. The van der Waals surface area contributed by atoms with Crippen LogP contribution in [0.4, 0.5) is 0 Å². The second-order valence-electron chi connectivity index (χ2n) is 5.02. The Hall–Kier alpha value is -2.08. The second-order valence-corrected chi connectivity index (χ2v) is 5.43. The lowest BCUT2D eigenvalue weighted by Gasteiger charge is -2.34. The summed E-state index contributed by atoms with van der Waals surface area (Å²) in [6, 6.07) is 7.29. The fourth-order valence-electron chi connectivity index (χ4n) is 2.36. The first-order valence-corrected chi connectivity index (χ1v) is 7.54. The summed E-state index contributed by atoms with van der Waals surface area (Å²) in [5.41, 5.74) is 1.45. The third-order valence-corrected chi connectivity index (χ3v) is 3.66. The van der Waals surface area contributed by atoms with Gasteiger partial charge in [-0.05, 0) is 36.3 Å². The SMILES string of the molecule is C=C1NC(=S)N[C@@H](c2ccc(OCCC)cc2)[C@H]1C(=O)OC. The van der Waals surface area contributed by atoms with Gasteiger partial charge < -0.3 is 20.1 Å². The Balaban J connectivity index is 2.24. The minimum atomic E-state index is -0.542. The molecule has 5 nitrogen and oxygen atoms in total. The maximum atomic E-state index is 12.0. The molecule has 2 N–H and O–H groups in total. The molecule has 1 aliphatic rings. The molecule has 0 aliphatic carbocycles. The number of thiocarbonyl (C=S) groups is 1. The number of ether oxygens (including phenoxy) is 2. The molecule has 0 radical (unpaired) electrons. The van der Waals surface area contributed by atoms with E-state index in [0.29, 0.717) is 17.4 Å². The molecular formula is C16H20N2O3S. The zero-order valence-corrected chi connectivity index (χ0v) is 13.5. The molecule has 0 saturated carbocycles. The highest BCUT2D eigenvalue weighted by molar-refractivity contribution is 7.80. The maximum Gasteiger partial charge on any atom is 0.317 e. The molecule has 0 aromatic heterocycles. The summed E-state index contributed by atoms with van der Waals surface area (Å²) in [5.74, 6) is -0.0986. The Morgan fingerprint density at radius 1 is 1.36 bits per heavy atom. The predicted octanol–water partition coefficient (Wildman–Crippen LogP) is 2.30. The largest absolute Gasteiger partial charge is 0.494 e. The normalized spacial score (nSPS) is 20.8. The Bertz CT molecular complexity index is 571. The lowest BCUT2D eigenvalue weighted by Crippen LogP contribution is -2.50. The van der Waals surface area contributed by atoms with Crippen molar-refractivity contribution in [3.8, 4) is 5.75 Å². The summed E-state index contributed by atoms with van der Waals surface area (Å²) in [5, 5.41) is 6.44. The van der Waals surface area contributed by atoms with E-state index in [0.717, 1.165) is 17.7 Å². The minimum Gasteiger partial charge on any atom is -0.494 e. The monoisotopic (exact) mass is 320 g/mol. The van der Waals surface area contributed by atoms with E-state index < -0.39 is 5.92 Å². The van der Waals surface area contributed by atoms with Gasteiger partial charge in [-0.1, -0.05) is 25.6 Å². The van der Waals surface area contributed by atoms with Crippen LogP contribution in [0.3, 0.4) is 0 Å². The first-order chi connectivity index (χ1) is 10.6. The van der Waals surface area contributed by atoms with Crippen LogP contribution >= 0.6 is 12.2 Å². The van der Waals surface area contributed by atoms with E-state index in [1.54, 1.807) is 0 Å². The molecule has 2 rings (SSSR count). The van der Waals surface area contributed by atoms with Crippen molar-refractivity contribution in [2.45, 2.75) is 19.4 Å². The topological polar surface area (TPSA) is 59.6 Å². The summed E-state index contributed by atoms with van der Waals surface area (Å²) < 4.78 is 10.4. The average Bonchev–Trinajstić information content (AvgIpc) is 2.52. The van der Waals surface area contributed by atoms with Crippen molar-refractivity contribution in [2.24, 2.45) is 5.92 Å². The van der Waals surface area contributed by atoms with E-state index >= 15 is 0 Å². The molecule has 1 aromatic rings. The molecule has 0 spiro atoms. The van der Waals surface area contributed by atoms with Gasteiger partial charge in [-0.25, -0.2) is 0 Å². The van der Waals surface area contributed by atoms with Crippen molar-refractivity contribution in [1.29, 1.82) is 0 Å². The lowest BCUT2D eigenvalue weighted by molar-refractivity contribution is -0.145. The van der Waals surface area contributed by atoms with Crippen LogP contribution in [0, 0.1) is 5.92 Å². The number of nitrogens with one attached hydrogen (secondary N) is 2. The molecule has 22 heavy (non-hydrogen) atoms. The van der Waals surface area contributed by atoms with E-state index in [1.165, 1.54) is 7.11 Å². The smallest absolute Gasteiger partial charge is 0.317 e. The van der Waals surface area contributed by atoms with Crippen LogP contribution in [0.15, 0.2) is 36.5 Å². The van der Waals surface area contributed by atoms with Gasteiger partial charge in [-0.15, -0.1) is 0 Å². The number of benzene rings is 1. The first-order valence-electron chi connectivity index (χ1n) is 7.13. The van der Waals surface area contributed by atoms with Gasteiger partial charge in [0, 0.05) is 5.70 Å². The van der Waals surface area contributed by atoms with Gasteiger partial charge in [0.2, 0.25) is 0 Å². The molecule has 1 aliphatic heterocycles. The predicted molar refractivity (Wildman–Crippen MR) is 88.5 cm³/mol. The van der Waals surface area contributed by atoms with Crippen LogP contribution in [0.5, 0.6) is 5.75 Å². The number of carbonyl (C=O) groups excluding carboxylic acids is 1. The number of hydrogen-bond donors (Lipinski definition) is 2. The molecule has 1 saturated heterocycles. The van der Waals surface area contributed by atoms with Gasteiger partial charge >= 0.3 is 5.97 Å². The van der Waals surface area contributed by atoms with Crippen LogP contribution in [-0.4, -0.2) is 24.8 Å². The fraction of sp³-hybridized carbons (Fsp3) is 0.375. The average molecular weight is 320 g/mol. The number of esters is 1. The Morgan fingerprint density at radius 2 is 2.05 bits per heavy atom. The minimum absolute atomic E-state index is 0.311. The van der Waals surface area contributed by atoms with E-state index in [-0.39, 0.29) is 12.0 Å². The van der Waals surface area contributed by atoms with Crippen LogP contribution in [0.25, 0.3) is 0 Å². The summed E-state index contributed by atoms with van der Waals surface area (Å²) in [4.78, 5) is 12.0. The molecule has 0 unspecified atom stereocenters. The Morgan fingerprint density at radius 3 is 2.64 bits per heavy atom. The van der Waals surface area contributed by atoms with Crippen LogP contribution < -0.4 is 15.4 Å². The maximum absolute atomic E-state index is 12.0. The first kappa shape index (κ1) is 16.3. The standard InChI is InChI=1S/C16H20N2O3S/c1-4-9-21-12-7-5-11(6-8-12)14-13(15(19)20-3)10(2)17-16(22)18-14/h5-8,13-14H,2,4,9H2,1,3H3,(H2,17,18,22)/t13-,14-/m0/s1. The molecule has 1 aromatic carbocycles. The zero-order chi connectivity index (χ0) is 16.1. The molecule has 118 valence electrons. The van der Waals surface area contributed by atoms with Crippen molar-refractivity contribution in [3.63, 3.8) is 0 Å². The van der Waals surface area contributed by atoms with E-state index in [9.17, 15) is 4.79 Å². The van der Waals surface area contributed by atoms with Crippen molar-refractivity contribution in [1.82, 2.24) is 10.6 Å².